The Kier molecular flexibility index (Phi) is 4.54. The van der Waals surface area contributed by atoms with Crippen molar-refractivity contribution in [2.45, 2.75) is 6.10 Å². The van der Waals surface area contributed by atoms with Gasteiger partial charge in [-0.2, -0.15) is 0 Å². The molecule has 2 aromatic carbocycles. The van der Waals surface area contributed by atoms with Gasteiger partial charge in [-0.15, -0.1) is 0 Å². The molecular weight excluding hydrogens is 290 g/mol. The molecule has 2 N–H and O–H groups in total. The van der Waals surface area contributed by atoms with Gasteiger partial charge in [0.15, 0.2) is 0 Å². The molecule has 1 amide bonds. The number of hydrogen-bond acceptors (Lipinski definition) is 3. The number of aliphatic hydroxyl groups excluding tert-OH is 1. The van der Waals surface area contributed by atoms with Crippen molar-refractivity contribution in [2.24, 2.45) is 0 Å². The summed E-state index contributed by atoms with van der Waals surface area (Å²) < 4.78 is 5.13. The summed E-state index contributed by atoms with van der Waals surface area (Å²) >= 11 is 0. The van der Waals surface area contributed by atoms with Gasteiger partial charge in [0.1, 0.15) is 11.9 Å². The summed E-state index contributed by atoms with van der Waals surface area (Å²) in [6, 6.07) is 20.5. The maximum absolute atomic E-state index is 12.5. The molecule has 0 spiro atoms. The highest BCUT2D eigenvalue weighted by Crippen LogP contribution is 2.23. The predicted octanol–water partition coefficient (Wildman–Crippen LogP) is 3.41. The smallest absolute Gasteiger partial charge is 0.252 e. The molecule has 1 unspecified atom stereocenters. The Balaban J connectivity index is 1.75. The Labute approximate surface area is 134 Å². The minimum absolute atomic E-state index is 0.0927. The Morgan fingerprint density at radius 2 is 1.74 bits per heavy atom. The van der Waals surface area contributed by atoms with Crippen LogP contribution >= 0.6 is 0 Å². The van der Waals surface area contributed by atoms with E-state index in [0.29, 0.717) is 11.3 Å². The fourth-order valence-electron chi connectivity index (χ4n) is 2.42. The van der Waals surface area contributed by atoms with Crippen LogP contribution in [-0.2, 0) is 0 Å². The van der Waals surface area contributed by atoms with E-state index in [-0.39, 0.29) is 12.5 Å². The van der Waals surface area contributed by atoms with E-state index in [4.69, 9.17) is 4.42 Å². The van der Waals surface area contributed by atoms with E-state index in [1.807, 2.05) is 48.5 Å². The summed E-state index contributed by atoms with van der Waals surface area (Å²) in [7, 11) is 0. The largest absolute Gasteiger partial charge is 0.467 e. The molecule has 1 aromatic heterocycles. The van der Waals surface area contributed by atoms with E-state index >= 15 is 0 Å². The van der Waals surface area contributed by atoms with Crippen molar-refractivity contribution < 1.29 is 14.3 Å². The molecule has 0 saturated carbocycles. The standard InChI is InChI=1S/C19H17NO3/c21-17(18-11-6-12-23-18)13-20-19(22)16-10-5-4-9-15(16)14-7-2-1-3-8-14/h1-12,17,21H,13H2,(H,20,22). The molecular formula is C19H17NO3. The van der Waals surface area contributed by atoms with Crippen molar-refractivity contribution >= 4 is 5.91 Å². The molecule has 1 atom stereocenters. The topological polar surface area (TPSA) is 62.5 Å². The van der Waals surface area contributed by atoms with Crippen LogP contribution in [0, 0.1) is 0 Å². The van der Waals surface area contributed by atoms with Crippen molar-refractivity contribution in [3.8, 4) is 11.1 Å². The second-order valence-corrected chi connectivity index (χ2v) is 5.15. The first-order valence-electron chi connectivity index (χ1n) is 7.40. The lowest BCUT2D eigenvalue weighted by atomic mass is 9.99. The molecule has 0 aliphatic rings. The maximum Gasteiger partial charge on any atom is 0.252 e. The third-order valence-electron chi connectivity index (χ3n) is 3.58. The predicted molar refractivity (Wildman–Crippen MR) is 87.9 cm³/mol. The summed E-state index contributed by atoms with van der Waals surface area (Å²) in [4.78, 5) is 12.5. The van der Waals surface area contributed by atoms with Crippen molar-refractivity contribution in [3.05, 3.63) is 84.3 Å². The highest BCUT2D eigenvalue weighted by molar-refractivity contribution is 6.00. The van der Waals surface area contributed by atoms with Gasteiger partial charge in [0.25, 0.3) is 5.91 Å². The molecule has 116 valence electrons. The van der Waals surface area contributed by atoms with Gasteiger partial charge in [0.05, 0.1) is 12.8 Å². The lowest BCUT2D eigenvalue weighted by molar-refractivity contribution is 0.0901. The molecule has 0 fully saturated rings. The fourth-order valence-corrected chi connectivity index (χ4v) is 2.42. The summed E-state index contributed by atoms with van der Waals surface area (Å²) in [6.45, 7) is 0.0927. The van der Waals surface area contributed by atoms with Gasteiger partial charge in [-0.1, -0.05) is 48.5 Å². The van der Waals surface area contributed by atoms with E-state index in [1.165, 1.54) is 6.26 Å². The molecule has 0 bridgehead atoms. The molecule has 4 heteroatoms. The first-order chi connectivity index (χ1) is 11.3. The molecule has 1 heterocycles. The number of hydrogen-bond donors (Lipinski definition) is 2. The molecule has 4 nitrogen and oxygen atoms in total. The van der Waals surface area contributed by atoms with E-state index in [1.54, 1.807) is 18.2 Å². The number of rotatable bonds is 5. The lowest BCUT2D eigenvalue weighted by Gasteiger charge is -2.12. The third-order valence-corrected chi connectivity index (χ3v) is 3.58. The van der Waals surface area contributed by atoms with Crippen LogP contribution in [0.1, 0.15) is 22.2 Å². The van der Waals surface area contributed by atoms with E-state index in [2.05, 4.69) is 5.32 Å². The number of carbonyl (C=O) groups excluding carboxylic acids is 1. The van der Waals surface area contributed by atoms with Crippen LogP contribution < -0.4 is 5.32 Å². The van der Waals surface area contributed by atoms with Crippen molar-refractivity contribution in [1.29, 1.82) is 0 Å². The molecule has 0 aliphatic carbocycles. The first kappa shape index (κ1) is 15.1. The number of aliphatic hydroxyl groups is 1. The highest BCUT2D eigenvalue weighted by Gasteiger charge is 2.15. The van der Waals surface area contributed by atoms with E-state index in [9.17, 15) is 9.90 Å². The third kappa shape index (κ3) is 3.49. The van der Waals surface area contributed by atoms with E-state index < -0.39 is 6.10 Å². The number of amides is 1. The zero-order valence-electron chi connectivity index (χ0n) is 12.5. The van der Waals surface area contributed by atoms with Crippen molar-refractivity contribution in [1.82, 2.24) is 5.32 Å². The Bertz CT molecular complexity index is 766. The van der Waals surface area contributed by atoms with Crippen LogP contribution in [0.4, 0.5) is 0 Å². The number of nitrogens with one attached hydrogen (secondary N) is 1. The maximum atomic E-state index is 12.5. The van der Waals surface area contributed by atoms with Gasteiger partial charge in [-0.3, -0.25) is 4.79 Å². The lowest BCUT2D eigenvalue weighted by Crippen LogP contribution is -2.28. The minimum atomic E-state index is -0.863. The van der Waals surface area contributed by atoms with Crippen LogP contribution in [0.15, 0.2) is 77.4 Å². The highest BCUT2D eigenvalue weighted by atomic mass is 16.4. The molecule has 0 aliphatic heterocycles. The van der Waals surface area contributed by atoms with Crippen LogP contribution in [0.25, 0.3) is 11.1 Å². The van der Waals surface area contributed by atoms with Crippen molar-refractivity contribution in [2.75, 3.05) is 6.54 Å². The van der Waals surface area contributed by atoms with Gasteiger partial charge in [0.2, 0.25) is 0 Å². The van der Waals surface area contributed by atoms with Crippen LogP contribution in [0.5, 0.6) is 0 Å². The summed E-state index contributed by atoms with van der Waals surface area (Å²) in [5.41, 5.74) is 2.41. The minimum Gasteiger partial charge on any atom is -0.467 e. The average molecular weight is 307 g/mol. The second-order valence-electron chi connectivity index (χ2n) is 5.15. The molecule has 0 radical (unpaired) electrons. The second kappa shape index (κ2) is 6.94. The number of furan rings is 1. The monoisotopic (exact) mass is 307 g/mol. The normalized spacial score (nSPS) is 11.9. The first-order valence-corrected chi connectivity index (χ1v) is 7.40. The molecule has 0 saturated heterocycles. The molecule has 3 aromatic rings. The Hall–Kier alpha value is -2.85. The summed E-state index contributed by atoms with van der Waals surface area (Å²) in [6.07, 6.45) is 0.628. The molecule has 3 rings (SSSR count). The summed E-state index contributed by atoms with van der Waals surface area (Å²) in [5.74, 6) is 0.205. The van der Waals surface area contributed by atoms with E-state index in [0.717, 1.165) is 11.1 Å². The number of benzene rings is 2. The quantitative estimate of drug-likeness (QED) is 0.759. The van der Waals surface area contributed by atoms with Gasteiger partial charge < -0.3 is 14.8 Å². The van der Waals surface area contributed by atoms with Gasteiger partial charge in [-0.25, -0.2) is 0 Å². The van der Waals surface area contributed by atoms with Crippen LogP contribution in [0.3, 0.4) is 0 Å². The zero-order valence-corrected chi connectivity index (χ0v) is 12.5. The van der Waals surface area contributed by atoms with Gasteiger partial charge >= 0.3 is 0 Å². The average Bonchev–Trinajstić information content (AvgIpc) is 3.15. The van der Waals surface area contributed by atoms with Gasteiger partial charge in [-0.05, 0) is 29.3 Å². The van der Waals surface area contributed by atoms with Crippen LogP contribution in [0.2, 0.25) is 0 Å². The van der Waals surface area contributed by atoms with Crippen LogP contribution in [-0.4, -0.2) is 17.6 Å². The van der Waals surface area contributed by atoms with Gasteiger partial charge in [0, 0.05) is 5.56 Å². The number of carbonyl (C=O) groups is 1. The Morgan fingerprint density at radius 3 is 2.48 bits per heavy atom. The summed E-state index contributed by atoms with van der Waals surface area (Å²) in [5, 5.41) is 12.7. The fraction of sp³-hybridized carbons (Fsp3) is 0.105. The van der Waals surface area contributed by atoms with Crippen molar-refractivity contribution in [3.63, 3.8) is 0 Å². The zero-order chi connectivity index (χ0) is 16.1. The Morgan fingerprint density at radius 1 is 1.00 bits per heavy atom. The SMILES string of the molecule is O=C(NCC(O)c1ccco1)c1ccccc1-c1ccccc1. The molecule has 23 heavy (non-hydrogen) atoms.